The number of amides is 2. The van der Waals surface area contributed by atoms with E-state index in [0.29, 0.717) is 11.4 Å². The van der Waals surface area contributed by atoms with Crippen LogP contribution in [0.1, 0.15) is 23.6 Å². The highest BCUT2D eigenvalue weighted by Crippen LogP contribution is 2.22. The van der Waals surface area contributed by atoms with Crippen molar-refractivity contribution in [1.29, 1.82) is 0 Å². The molecule has 0 spiro atoms. The van der Waals surface area contributed by atoms with Crippen molar-refractivity contribution in [2.45, 2.75) is 27.7 Å². The molecule has 0 aliphatic rings. The van der Waals surface area contributed by atoms with Gasteiger partial charge in [0.15, 0.2) is 6.61 Å². The predicted octanol–water partition coefficient (Wildman–Crippen LogP) is 3.59. The van der Waals surface area contributed by atoms with Crippen LogP contribution in [0.3, 0.4) is 0 Å². The van der Waals surface area contributed by atoms with Gasteiger partial charge in [-0.05, 0) is 56.2 Å². The van der Waals surface area contributed by atoms with Gasteiger partial charge >= 0.3 is 0 Å². The average Bonchev–Trinajstić information content (AvgIpc) is 2.49. The van der Waals surface area contributed by atoms with E-state index in [-0.39, 0.29) is 18.4 Å². The Labute approximate surface area is 142 Å². The fourth-order valence-electron chi connectivity index (χ4n) is 2.54. The molecule has 126 valence electrons. The second-order valence-corrected chi connectivity index (χ2v) is 5.82. The molecule has 0 aliphatic carbocycles. The van der Waals surface area contributed by atoms with Crippen molar-refractivity contribution in [3.05, 3.63) is 53.1 Å². The molecular weight excluding hydrogens is 304 g/mol. The predicted molar refractivity (Wildman–Crippen MR) is 95.5 cm³/mol. The van der Waals surface area contributed by atoms with E-state index in [4.69, 9.17) is 4.74 Å². The summed E-state index contributed by atoms with van der Waals surface area (Å²) in [6, 6.07) is 10.9. The van der Waals surface area contributed by atoms with Gasteiger partial charge in [-0.3, -0.25) is 9.59 Å². The minimum atomic E-state index is -0.212. The Morgan fingerprint density at radius 2 is 1.54 bits per heavy atom. The zero-order chi connectivity index (χ0) is 17.7. The van der Waals surface area contributed by atoms with Crippen LogP contribution in [-0.2, 0) is 9.59 Å². The first-order valence-electron chi connectivity index (χ1n) is 7.73. The zero-order valence-electron chi connectivity index (χ0n) is 14.4. The van der Waals surface area contributed by atoms with Crippen molar-refractivity contribution in [2.24, 2.45) is 0 Å². The van der Waals surface area contributed by atoms with Crippen molar-refractivity contribution in [2.75, 3.05) is 17.2 Å². The molecule has 2 amide bonds. The molecule has 2 aromatic carbocycles. The van der Waals surface area contributed by atoms with Gasteiger partial charge in [0.2, 0.25) is 5.91 Å². The third kappa shape index (κ3) is 4.84. The van der Waals surface area contributed by atoms with Crippen molar-refractivity contribution in [3.8, 4) is 5.75 Å². The maximum Gasteiger partial charge on any atom is 0.262 e. The zero-order valence-corrected chi connectivity index (χ0v) is 14.4. The monoisotopic (exact) mass is 326 g/mol. The van der Waals surface area contributed by atoms with Gasteiger partial charge in [0.05, 0.1) is 0 Å². The number of carbonyl (C=O) groups excluding carboxylic acids is 2. The fourth-order valence-corrected chi connectivity index (χ4v) is 2.54. The maximum absolute atomic E-state index is 12.1. The SMILES string of the molecule is CC(=O)Nc1ccc(OCC(=O)Nc2c(C)cc(C)cc2C)cc1. The molecule has 0 bridgehead atoms. The molecule has 2 N–H and O–H groups in total. The van der Waals surface area contributed by atoms with E-state index in [9.17, 15) is 9.59 Å². The van der Waals surface area contributed by atoms with Gasteiger partial charge in [0, 0.05) is 18.3 Å². The number of benzene rings is 2. The van der Waals surface area contributed by atoms with Crippen LogP contribution in [0, 0.1) is 20.8 Å². The lowest BCUT2D eigenvalue weighted by molar-refractivity contribution is -0.118. The lowest BCUT2D eigenvalue weighted by Gasteiger charge is -2.13. The molecule has 0 heterocycles. The first kappa shape index (κ1) is 17.5. The highest BCUT2D eigenvalue weighted by Gasteiger charge is 2.09. The number of aryl methyl sites for hydroxylation is 3. The molecule has 0 unspecified atom stereocenters. The van der Waals surface area contributed by atoms with Gasteiger partial charge in [0.25, 0.3) is 5.91 Å². The summed E-state index contributed by atoms with van der Waals surface area (Å²) in [4.78, 5) is 23.1. The van der Waals surface area contributed by atoms with Crippen molar-refractivity contribution in [3.63, 3.8) is 0 Å². The lowest BCUT2D eigenvalue weighted by Crippen LogP contribution is -2.21. The second-order valence-electron chi connectivity index (χ2n) is 5.82. The summed E-state index contributed by atoms with van der Waals surface area (Å²) in [5.74, 6) is 0.222. The summed E-state index contributed by atoms with van der Waals surface area (Å²) in [5, 5.41) is 5.57. The lowest BCUT2D eigenvalue weighted by atomic mass is 10.1. The minimum Gasteiger partial charge on any atom is -0.484 e. The van der Waals surface area contributed by atoms with Gasteiger partial charge in [0.1, 0.15) is 5.75 Å². The molecule has 0 aromatic heterocycles. The summed E-state index contributed by atoms with van der Waals surface area (Å²) in [6.07, 6.45) is 0. The summed E-state index contributed by atoms with van der Waals surface area (Å²) in [7, 11) is 0. The first-order chi connectivity index (χ1) is 11.3. The Morgan fingerprint density at radius 3 is 2.08 bits per heavy atom. The van der Waals surface area contributed by atoms with Crippen LogP contribution in [-0.4, -0.2) is 18.4 Å². The number of carbonyl (C=O) groups is 2. The minimum absolute atomic E-state index is 0.0771. The quantitative estimate of drug-likeness (QED) is 0.882. The van der Waals surface area contributed by atoms with Crippen LogP contribution in [0.25, 0.3) is 0 Å². The van der Waals surface area contributed by atoms with Gasteiger partial charge in [-0.25, -0.2) is 0 Å². The van der Waals surface area contributed by atoms with Crippen LogP contribution < -0.4 is 15.4 Å². The topological polar surface area (TPSA) is 67.4 Å². The van der Waals surface area contributed by atoms with Crippen molar-refractivity contribution >= 4 is 23.2 Å². The molecular formula is C19H22N2O3. The van der Waals surface area contributed by atoms with E-state index >= 15 is 0 Å². The average molecular weight is 326 g/mol. The van der Waals surface area contributed by atoms with Crippen LogP contribution in [0.15, 0.2) is 36.4 Å². The number of nitrogens with one attached hydrogen (secondary N) is 2. The Bertz CT molecular complexity index is 729. The molecule has 0 saturated carbocycles. The molecule has 0 saturated heterocycles. The largest absolute Gasteiger partial charge is 0.484 e. The van der Waals surface area contributed by atoms with Crippen LogP contribution in [0.4, 0.5) is 11.4 Å². The number of rotatable bonds is 5. The van der Waals surface area contributed by atoms with E-state index in [1.54, 1.807) is 24.3 Å². The van der Waals surface area contributed by atoms with Crippen LogP contribution in [0.2, 0.25) is 0 Å². The van der Waals surface area contributed by atoms with E-state index in [0.717, 1.165) is 16.8 Å². The summed E-state index contributed by atoms with van der Waals surface area (Å²) >= 11 is 0. The smallest absolute Gasteiger partial charge is 0.262 e. The molecule has 0 aliphatic heterocycles. The maximum atomic E-state index is 12.1. The molecule has 5 heteroatoms. The standard InChI is InChI=1S/C19H22N2O3/c1-12-9-13(2)19(14(3)10-12)21-18(23)11-24-17-7-5-16(6-8-17)20-15(4)22/h5-10H,11H2,1-4H3,(H,20,22)(H,21,23). The number of hydrogen-bond acceptors (Lipinski definition) is 3. The number of anilines is 2. The normalized spacial score (nSPS) is 10.2. The Balaban J connectivity index is 1.93. The third-order valence-corrected chi connectivity index (χ3v) is 3.49. The second kappa shape index (κ2) is 7.64. The fraction of sp³-hybridized carbons (Fsp3) is 0.263. The molecule has 0 radical (unpaired) electrons. The van der Waals surface area contributed by atoms with E-state index in [2.05, 4.69) is 10.6 Å². The summed E-state index contributed by atoms with van der Waals surface area (Å²) < 4.78 is 5.48. The highest BCUT2D eigenvalue weighted by atomic mass is 16.5. The molecule has 5 nitrogen and oxygen atoms in total. The van der Waals surface area contributed by atoms with Gasteiger partial charge in [-0.1, -0.05) is 17.7 Å². The van der Waals surface area contributed by atoms with Crippen LogP contribution in [0.5, 0.6) is 5.75 Å². The Hall–Kier alpha value is -2.82. The van der Waals surface area contributed by atoms with E-state index < -0.39 is 0 Å². The van der Waals surface area contributed by atoms with Gasteiger partial charge in [-0.15, -0.1) is 0 Å². The van der Waals surface area contributed by atoms with Gasteiger partial charge in [-0.2, -0.15) is 0 Å². The Morgan fingerprint density at radius 1 is 0.958 bits per heavy atom. The van der Waals surface area contributed by atoms with Gasteiger partial charge < -0.3 is 15.4 Å². The van der Waals surface area contributed by atoms with E-state index in [1.807, 2.05) is 32.9 Å². The molecule has 0 atom stereocenters. The van der Waals surface area contributed by atoms with Crippen LogP contribution >= 0.6 is 0 Å². The van der Waals surface area contributed by atoms with E-state index in [1.165, 1.54) is 12.5 Å². The molecule has 24 heavy (non-hydrogen) atoms. The molecule has 0 fully saturated rings. The Kier molecular flexibility index (Phi) is 5.58. The highest BCUT2D eigenvalue weighted by molar-refractivity contribution is 5.93. The first-order valence-corrected chi connectivity index (χ1v) is 7.73. The van der Waals surface area contributed by atoms with Crippen molar-refractivity contribution in [1.82, 2.24) is 0 Å². The molecule has 2 aromatic rings. The summed E-state index contributed by atoms with van der Waals surface area (Å²) in [5.41, 5.74) is 4.74. The molecule has 2 rings (SSSR count). The number of ether oxygens (including phenoxy) is 1. The van der Waals surface area contributed by atoms with Crippen molar-refractivity contribution < 1.29 is 14.3 Å². The number of hydrogen-bond donors (Lipinski definition) is 2. The third-order valence-electron chi connectivity index (χ3n) is 3.49. The summed E-state index contributed by atoms with van der Waals surface area (Å²) in [6.45, 7) is 7.34.